The number of H-pyrrole nitrogens is 2. The molecular weight excluding hydrogens is 266 g/mol. The molecule has 1 fully saturated rings. The molecule has 0 unspecified atom stereocenters. The molecule has 0 saturated heterocycles. The van der Waals surface area contributed by atoms with Crippen LogP contribution in [0.15, 0.2) is 15.7 Å². The van der Waals surface area contributed by atoms with Crippen molar-refractivity contribution in [1.82, 2.24) is 14.9 Å². The standard InChI is InChI=1S/C12H15N3O5/c16-9-5-8(13-12(20)14-9)11(19)15(6-10(17)18)7-3-1-2-4-7/h5,7H,1-4,6H2,(H,17,18)(H2,13,14,16,20). The van der Waals surface area contributed by atoms with Crippen LogP contribution < -0.4 is 11.2 Å². The molecule has 108 valence electrons. The van der Waals surface area contributed by atoms with Gasteiger partial charge in [-0.05, 0) is 12.8 Å². The molecule has 8 heteroatoms. The summed E-state index contributed by atoms with van der Waals surface area (Å²) in [5, 5.41) is 8.92. The van der Waals surface area contributed by atoms with E-state index in [0.717, 1.165) is 31.7 Å². The Labute approximate surface area is 113 Å². The Bertz CT molecular complexity index is 598. The van der Waals surface area contributed by atoms with Crippen molar-refractivity contribution in [3.8, 4) is 0 Å². The van der Waals surface area contributed by atoms with Crippen molar-refractivity contribution >= 4 is 11.9 Å². The molecule has 8 nitrogen and oxygen atoms in total. The fraction of sp³-hybridized carbons (Fsp3) is 0.500. The number of aromatic amines is 2. The summed E-state index contributed by atoms with van der Waals surface area (Å²) in [7, 11) is 0. The molecule has 1 heterocycles. The lowest BCUT2D eigenvalue weighted by molar-refractivity contribution is -0.138. The first-order valence-corrected chi connectivity index (χ1v) is 6.34. The molecule has 1 saturated carbocycles. The number of hydrogen-bond donors (Lipinski definition) is 3. The fourth-order valence-corrected chi connectivity index (χ4v) is 2.47. The number of aliphatic carboxylic acids is 1. The minimum absolute atomic E-state index is 0.165. The van der Waals surface area contributed by atoms with Crippen LogP contribution in [0.5, 0.6) is 0 Å². The van der Waals surface area contributed by atoms with Crippen molar-refractivity contribution in [3.05, 3.63) is 32.6 Å². The van der Waals surface area contributed by atoms with E-state index < -0.39 is 29.7 Å². The molecule has 1 aliphatic carbocycles. The predicted molar refractivity (Wildman–Crippen MR) is 68.6 cm³/mol. The van der Waals surface area contributed by atoms with Crippen LogP contribution in [-0.4, -0.2) is 44.4 Å². The van der Waals surface area contributed by atoms with Gasteiger partial charge in [0.1, 0.15) is 12.2 Å². The van der Waals surface area contributed by atoms with Crippen LogP contribution in [0.25, 0.3) is 0 Å². The van der Waals surface area contributed by atoms with Gasteiger partial charge in [0.25, 0.3) is 11.5 Å². The molecule has 1 aromatic heterocycles. The number of nitrogens with zero attached hydrogens (tertiary/aromatic N) is 1. The molecule has 2 rings (SSSR count). The number of carboxylic acids is 1. The molecule has 20 heavy (non-hydrogen) atoms. The smallest absolute Gasteiger partial charge is 0.326 e. The largest absolute Gasteiger partial charge is 0.480 e. The van der Waals surface area contributed by atoms with Gasteiger partial charge >= 0.3 is 11.7 Å². The van der Waals surface area contributed by atoms with Crippen molar-refractivity contribution in [1.29, 1.82) is 0 Å². The van der Waals surface area contributed by atoms with Crippen LogP contribution in [0.3, 0.4) is 0 Å². The lowest BCUT2D eigenvalue weighted by atomic mass is 10.2. The lowest BCUT2D eigenvalue weighted by Gasteiger charge is -2.27. The zero-order chi connectivity index (χ0) is 14.7. The fourth-order valence-electron chi connectivity index (χ4n) is 2.47. The van der Waals surface area contributed by atoms with Gasteiger partial charge in [0, 0.05) is 12.1 Å². The van der Waals surface area contributed by atoms with E-state index in [2.05, 4.69) is 4.98 Å². The highest BCUT2D eigenvalue weighted by Crippen LogP contribution is 2.24. The summed E-state index contributed by atoms with van der Waals surface area (Å²) in [6, 6.07) is 0.800. The van der Waals surface area contributed by atoms with Gasteiger partial charge in [0.15, 0.2) is 0 Å². The van der Waals surface area contributed by atoms with E-state index in [1.54, 1.807) is 0 Å². The number of carbonyl (C=O) groups excluding carboxylic acids is 1. The molecule has 3 N–H and O–H groups in total. The third-order valence-electron chi connectivity index (χ3n) is 3.32. The van der Waals surface area contributed by atoms with Crippen LogP contribution in [0, 0.1) is 0 Å². The van der Waals surface area contributed by atoms with Crippen LogP contribution >= 0.6 is 0 Å². The molecule has 0 aromatic carbocycles. The highest BCUT2D eigenvalue weighted by Gasteiger charge is 2.29. The average Bonchev–Trinajstić information content (AvgIpc) is 2.87. The van der Waals surface area contributed by atoms with E-state index in [9.17, 15) is 19.2 Å². The van der Waals surface area contributed by atoms with E-state index in [-0.39, 0.29) is 11.7 Å². The van der Waals surface area contributed by atoms with E-state index >= 15 is 0 Å². The van der Waals surface area contributed by atoms with Crippen LogP contribution in [0.1, 0.15) is 36.2 Å². The number of carbonyl (C=O) groups is 2. The Morgan fingerprint density at radius 3 is 2.45 bits per heavy atom. The van der Waals surface area contributed by atoms with Gasteiger partial charge in [0.05, 0.1) is 0 Å². The summed E-state index contributed by atoms with van der Waals surface area (Å²) in [5.41, 5.74) is -1.67. The summed E-state index contributed by atoms with van der Waals surface area (Å²) in [4.78, 5) is 51.0. The Hall–Kier alpha value is -2.38. The first-order valence-electron chi connectivity index (χ1n) is 6.34. The summed E-state index contributed by atoms with van der Waals surface area (Å²) in [5.74, 6) is -1.76. The number of amides is 1. The van der Waals surface area contributed by atoms with Gasteiger partial charge in [-0.3, -0.25) is 19.4 Å². The highest BCUT2D eigenvalue weighted by molar-refractivity contribution is 5.94. The van der Waals surface area contributed by atoms with Crippen molar-refractivity contribution in [2.75, 3.05) is 6.54 Å². The summed E-state index contributed by atoms with van der Waals surface area (Å²) >= 11 is 0. The maximum atomic E-state index is 12.3. The zero-order valence-corrected chi connectivity index (χ0v) is 10.7. The molecule has 1 amide bonds. The van der Waals surface area contributed by atoms with E-state index in [0.29, 0.717) is 0 Å². The second-order valence-electron chi connectivity index (χ2n) is 4.77. The third kappa shape index (κ3) is 3.14. The highest BCUT2D eigenvalue weighted by atomic mass is 16.4. The molecule has 0 spiro atoms. The van der Waals surface area contributed by atoms with E-state index in [1.165, 1.54) is 4.90 Å². The SMILES string of the molecule is O=C(O)CN(C(=O)c1cc(=O)[nH]c(=O)[nH]1)C1CCCC1. The molecule has 0 bridgehead atoms. The minimum Gasteiger partial charge on any atom is -0.480 e. The number of hydrogen-bond acceptors (Lipinski definition) is 4. The maximum Gasteiger partial charge on any atom is 0.326 e. The zero-order valence-electron chi connectivity index (χ0n) is 10.7. The van der Waals surface area contributed by atoms with Gasteiger partial charge in [-0.25, -0.2) is 4.79 Å². The second kappa shape index (κ2) is 5.72. The summed E-state index contributed by atoms with van der Waals surface area (Å²) < 4.78 is 0. The normalized spacial score (nSPS) is 15.2. The number of rotatable bonds is 4. The van der Waals surface area contributed by atoms with Gasteiger partial charge in [-0.15, -0.1) is 0 Å². The van der Waals surface area contributed by atoms with Gasteiger partial charge in [-0.1, -0.05) is 12.8 Å². The average molecular weight is 281 g/mol. The number of aromatic nitrogens is 2. The maximum absolute atomic E-state index is 12.3. The summed E-state index contributed by atoms with van der Waals surface area (Å²) in [6.45, 7) is -0.446. The quantitative estimate of drug-likeness (QED) is 0.688. The van der Waals surface area contributed by atoms with Crippen molar-refractivity contribution < 1.29 is 14.7 Å². The van der Waals surface area contributed by atoms with E-state index in [1.807, 2.05) is 4.98 Å². The molecule has 0 aliphatic heterocycles. The Balaban J connectivity index is 2.31. The van der Waals surface area contributed by atoms with Crippen LogP contribution in [0.4, 0.5) is 0 Å². The van der Waals surface area contributed by atoms with Crippen molar-refractivity contribution in [3.63, 3.8) is 0 Å². The van der Waals surface area contributed by atoms with Gasteiger partial charge in [0.2, 0.25) is 0 Å². The Morgan fingerprint density at radius 2 is 1.90 bits per heavy atom. The lowest BCUT2D eigenvalue weighted by Crippen LogP contribution is -2.43. The van der Waals surface area contributed by atoms with Crippen LogP contribution in [0.2, 0.25) is 0 Å². The van der Waals surface area contributed by atoms with Crippen LogP contribution in [-0.2, 0) is 4.79 Å². The third-order valence-corrected chi connectivity index (χ3v) is 3.32. The number of nitrogens with one attached hydrogen (secondary N) is 2. The molecular formula is C12H15N3O5. The minimum atomic E-state index is -1.13. The second-order valence-corrected chi connectivity index (χ2v) is 4.77. The molecule has 1 aliphatic rings. The Kier molecular flexibility index (Phi) is 4.02. The van der Waals surface area contributed by atoms with Crippen molar-refractivity contribution in [2.45, 2.75) is 31.7 Å². The number of carboxylic acid groups (broad SMARTS) is 1. The predicted octanol–water partition coefficient (Wildman–Crippen LogP) is -0.467. The monoisotopic (exact) mass is 281 g/mol. The Morgan fingerprint density at radius 1 is 1.25 bits per heavy atom. The van der Waals surface area contributed by atoms with Crippen molar-refractivity contribution in [2.24, 2.45) is 0 Å². The van der Waals surface area contributed by atoms with Gasteiger partial charge in [-0.2, -0.15) is 0 Å². The molecule has 1 aromatic rings. The molecule has 0 radical (unpaired) electrons. The first kappa shape index (κ1) is 14.0. The van der Waals surface area contributed by atoms with Gasteiger partial charge < -0.3 is 15.0 Å². The topological polar surface area (TPSA) is 123 Å². The van der Waals surface area contributed by atoms with E-state index in [4.69, 9.17) is 5.11 Å². The first-order chi connectivity index (χ1) is 9.47. The molecule has 0 atom stereocenters. The summed E-state index contributed by atoms with van der Waals surface area (Å²) in [6.07, 6.45) is 3.32.